The molecule has 2 rings (SSSR count). The Balaban J connectivity index is 1.68. The van der Waals surface area contributed by atoms with Crippen molar-refractivity contribution >= 4 is 0 Å². The Bertz CT molecular complexity index is 294. The maximum absolute atomic E-state index is 9.25. The lowest BCUT2D eigenvalue weighted by atomic mass is 10.1. The zero-order chi connectivity index (χ0) is 9.80. The van der Waals surface area contributed by atoms with Crippen LogP contribution in [0.15, 0.2) is 24.3 Å². The van der Waals surface area contributed by atoms with Crippen LogP contribution in [0.4, 0.5) is 0 Å². The van der Waals surface area contributed by atoms with E-state index < -0.39 is 0 Å². The molecule has 0 saturated heterocycles. The number of hydrogen-bond donors (Lipinski definition) is 2. The van der Waals surface area contributed by atoms with Gasteiger partial charge in [0.1, 0.15) is 5.75 Å². The fraction of sp³-hybridized carbons (Fsp3) is 0.500. The smallest absolute Gasteiger partial charge is 0.115 e. The van der Waals surface area contributed by atoms with E-state index in [2.05, 4.69) is 11.4 Å². The van der Waals surface area contributed by atoms with Gasteiger partial charge in [-0.05, 0) is 49.9 Å². The third kappa shape index (κ3) is 3.04. The molecule has 2 N–H and O–H groups in total. The summed E-state index contributed by atoms with van der Waals surface area (Å²) in [5, 5.41) is 12.7. The van der Waals surface area contributed by atoms with Crippen LogP contribution in [0.25, 0.3) is 0 Å². The Hall–Kier alpha value is -1.02. The zero-order valence-electron chi connectivity index (χ0n) is 8.37. The van der Waals surface area contributed by atoms with Gasteiger partial charge in [-0.3, -0.25) is 0 Å². The van der Waals surface area contributed by atoms with Crippen LogP contribution in [0.3, 0.4) is 0 Å². The molecule has 0 aliphatic heterocycles. The van der Waals surface area contributed by atoms with Crippen LogP contribution >= 0.6 is 0 Å². The second-order valence-corrected chi connectivity index (χ2v) is 4.00. The highest BCUT2D eigenvalue weighted by atomic mass is 16.3. The minimum absolute atomic E-state index is 0.373. The van der Waals surface area contributed by atoms with Crippen molar-refractivity contribution in [2.75, 3.05) is 6.54 Å². The molecule has 0 aromatic heterocycles. The Labute approximate surface area is 85.0 Å². The molecule has 2 heteroatoms. The van der Waals surface area contributed by atoms with Crippen molar-refractivity contribution < 1.29 is 5.11 Å². The molecule has 0 atom stereocenters. The fourth-order valence-electron chi connectivity index (χ4n) is 1.60. The summed E-state index contributed by atoms with van der Waals surface area (Å²) in [6.07, 6.45) is 4.91. The number of benzene rings is 1. The highest BCUT2D eigenvalue weighted by Crippen LogP contribution is 2.18. The molecule has 14 heavy (non-hydrogen) atoms. The number of nitrogens with one attached hydrogen (secondary N) is 1. The van der Waals surface area contributed by atoms with E-state index >= 15 is 0 Å². The van der Waals surface area contributed by atoms with Gasteiger partial charge in [0.05, 0.1) is 0 Å². The zero-order valence-corrected chi connectivity index (χ0v) is 8.37. The van der Waals surface area contributed by atoms with E-state index in [1.165, 1.54) is 18.4 Å². The van der Waals surface area contributed by atoms with Gasteiger partial charge in [0.15, 0.2) is 0 Å². The van der Waals surface area contributed by atoms with Crippen LogP contribution in [-0.4, -0.2) is 17.7 Å². The number of phenols is 1. The standard InChI is InChI=1S/C12H17NO/c14-12-5-1-3-10(9-12)4-2-8-13-11-6-7-11/h1,3,5,9,11,13-14H,2,4,6-8H2. The van der Waals surface area contributed by atoms with Crippen molar-refractivity contribution in [2.24, 2.45) is 0 Å². The van der Waals surface area contributed by atoms with E-state index in [4.69, 9.17) is 0 Å². The molecule has 0 spiro atoms. The van der Waals surface area contributed by atoms with E-state index in [-0.39, 0.29) is 0 Å². The van der Waals surface area contributed by atoms with Crippen LogP contribution in [-0.2, 0) is 6.42 Å². The van der Waals surface area contributed by atoms with Gasteiger partial charge in [0.25, 0.3) is 0 Å². The number of hydrogen-bond acceptors (Lipinski definition) is 2. The third-order valence-corrected chi connectivity index (χ3v) is 2.56. The first-order valence-electron chi connectivity index (χ1n) is 5.36. The molecule has 0 radical (unpaired) electrons. The maximum Gasteiger partial charge on any atom is 0.115 e. The molecule has 1 fully saturated rings. The predicted octanol–water partition coefficient (Wildman–Crippen LogP) is 2.08. The number of aromatic hydroxyl groups is 1. The average Bonchev–Trinajstić information content (AvgIpc) is 2.96. The Morgan fingerprint density at radius 3 is 2.93 bits per heavy atom. The van der Waals surface area contributed by atoms with E-state index in [0.29, 0.717) is 5.75 Å². The van der Waals surface area contributed by atoms with Crippen molar-refractivity contribution in [2.45, 2.75) is 31.7 Å². The monoisotopic (exact) mass is 191 g/mol. The van der Waals surface area contributed by atoms with Gasteiger partial charge in [-0.15, -0.1) is 0 Å². The van der Waals surface area contributed by atoms with Gasteiger partial charge in [-0.2, -0.15) is 0 Å². The van der Waals surface area contributed by atoms with Gasteiger partial charge < -0.3 is 10.4 Å². The first-order chi connectivity index (χ1) is 6.84. The van der Waals surface area contributed by atoms with Crippen molar-refractivity contribution in [3.63, 3.8) is 0 Å². The molecule has 76 valence electrons. The van der Waals surface area contributed by atoms with Crippen LogP contribution in [0.2, 0.25) is 0 Å². The Morgan fingerprint density at radius 2 is 2.21 bits per heavy atom. The van der Waals surface area contributed by atoms with Crippen molar-refractivity contribution in [1.29, 1.82) is 0 Å². The van der Waals surface area contributed by atoms with Gasteiger partial charge in [-0.1, -0.05) is 12.1 Å². The van der Waals surface area contributed by atoms with Crippen LogP contribution in [0, 0.1) is 0 Å². The second kappa shape index (κ2) is 4.47. The molecule has 2 nitrogen and oxygen atoms in total. The largest absolute Gasteiger partial charge is 0.508 e. The molecular formula is C12H17NO. The normalized spacial score (nSPS) is 15.7. The van der Waals surface area contributed by atoms with Crippen molar-refractivity contribution in [1.82, 2.24) is 5.32 Å². The molecule has 1 aliphatic carbocycles. The fourth-order valence-corrected chi connectivity index (χ4v) is 1.60. The van der Waals surface area contributed by atoms with Gasteiger partial charge in [-0.25, -0.2) is 0 Å². The van der Waals surface area contributed by atoms with Crippen LogP contribution < -0.4 is 5.32 Å². The van der Waals surface area contributed by atoms with Crippen molar-refractivity contribution in [3.05, 3.63) is 29.8 Å². The maximum atomic E-state index is 9.25. The molecule has 0 bridgehead atoms. The summed E-state index contributed by atoms with van der Waals surface area (Å²) < 4.78 is 0. The predicted molar refractivity (Wildman–Crippen MR) is 57.5 cm³/mol. The lowest BCUT2D eigenvalue weighted by molar-refractivity contribution is 0.474. The summed E-state index contributed by atoms with van der Waals surface area (Å²) in [5.41, 5.74) is 1.22. The van der Waals surface area contributed by atoms with Gasteiger partial charge >= 0.3 is 0 Å². The van der Waals surface area contributed by atoms with Gasteiger partial charge in [0.2, 0.25) is 0 Å². The summed E-state index contributed by atoms with van der Waals surface area (Å²) in [6.45, 7) is 1.10. The number of aryl methyl sites for hydroxylation is 1. The first-order valence-corrected chi connectivity index (χ1v) is 5.36. The third-order valence-electron chi connectivity index (χ3n) is 2.56. The highest BCUT2D eigenvalue weighted by Gasteiger charge is 2.19. The molecule has 0 amide bonds. The molecule has 1 aliphatic rings. The van der Waals surface area contributed by atoms with Crippen LogP contribution in [0.1, 0.15) is 24.8 Å². The van der Waals surface area contributed by atoms with E-state index in [1.54, 1.807) is 6.07 Å². The lowest BCUT2D eigenvalue weighted by Gasteiger charge is -2.03. The minimum Gasteiger partial charge on any atom is -0.508 e. The number of phenolic OH excluding ortho intramolecular Hbond substituents is 1. The first kappa shape index (κ1) is 9.53. The quantitative estimate of drug-likeness (QED) is 0.698. The van der Waals surface area contributed by atoms with Gasteiger partial charge in [0, 0.05) is 6.04 Å². The highest BCUT2D eigenvalue weighted by molar-refractivity contribution is 5.27. The number of rotatable bonds is 5. The van der Waals surface area contributed by atoms with E-state index in [1.807, 2.05) is 12.1 Å². The summed E-state index contributed by atoms with van der Waals surface area (Å²) in [6, 6.07) is 8.33. The van der Waals surface area contributed by atoms with Crippen molar-refractivity contribution in [3.8, 4) is 5.75 Å². The van der Waals surface area contributed by atoms with E-state index in [9.17, 15) is 5.11 Å². The molecular weight excluding hydrogens is 174 g/mol. The molecule has 1 aromatic carbocycles. The average molecular weight is 191 g/mol. The molecule has 0 unspecified atom stereocenters. The summed E-state index contributed by atoms with van der Waals surface area (Å²) in [4.78, 5) is 0. The Morgan fingerprint density at radius 1 is 1.36 bits per heavy atom. The topological polar surface area (TPSA) is 32.3 Å². The van der Waals surface area contributed by atoms with E-state index in [0.717, 1.165) is 25.4 Å². The molecule has 1 saturated carbocycles. The SMILES string of the molecule is Oc1cccc(CCCNC2CC2)c1. The molecule has 0 heterocycles. The van der Waals surface area contributed by atoms with Crippen LogP contribution in [0.5, 0.6) is 5.75 Å². The second-order valence-electron chi connectivity index (χ2n) is 4.00. The minimum atomic E-state index is 0.373. The summed E-state index contributed by atoms with van der Waals surface area (Å²) in [7, 11) is 0. The molecule has 1 aromatic rings. The lowest BCUT2D eigenvalue weighted by Crippen LogP contribution is -2.17. The summed E-state index contributed by atoms with van der Waals surface area (Å²) >= 11 is 0. The summed E-state index contributed by atoms with van der Waals surface area (Å²) in [5.74, 6) is 0.373. The Kier molecular flexibility index (Phi) is 3.04.